The Labute approximate surface area is 155 Å². The van der Waals surface area contributed by atoms with Gasteiger partial charge in [-0.2, -0.15) is 0 Å². The third kappa shape index (κ3) is 6.06. The standard InChI is InChI=1S/C16H21N3O8/c1-8(14(21)19-16(17)23)27-12(20)7-18-15(22)9-5-10(24-2)13(26-4)11(6-9)25-3/h5-6,8H,7H2,1-4H3,(H,18,22)(H3,17,19,21,23)/t8-/m1/s1. The van der Waals surface area contributed by atoms with E-state index in [1.807, 2.05) is 0 Å². The minimum absolute atomic E-state index is 0.150. The number of carbonyl (C=O) groups is 4. The number of hydrogen-bond acceptors (Lipinski definition) is 8. The Hall–Kier alpha value is -3.50. The number of hydrogen-bond donors (Lipinski definition) is 3. The molecule has 4 amide bonds. The van der Waals surface area contributed by atoms with Crippen molar-refractivity contribution in [3.63, 3.8) is 0 Å². The van der Waals surface area contributed by atoms with Crippen LogP contribution in [0.5, 0.6) is 17.2 Å². The van der Waals surface area contributed by atoms with Crippen LogP contribution in [0.1, 0.15) is 17.3 Å². The number of nitrogens with two attached hydrogens (primary N) is 1. The van der Waals surface area contributed by atoms with Crippen molar-refractivity contribution in [3.05, 3.63) is 17.7 Å². The molecule has 0 heterocycles. The molecule has 0 aliphatic rings. The molecule has 148 valence electrons. The monoisotopic (exact) mass is 383 g/mol. The lowest BCUT2D eigenvalue weighted by Crippen LogP contribution is -2.43. The molecule has 1 aromatic rings. The van der Waals surface area contributed by atoms with Gasteiger partial charge in [-0.1, -0.05) is 0 Å². The summed E-state index contributed by atoms with van der Waals surface area (Å²) in [6.45, 7) is 0.737. The van der Waals surface area contributed by atoms with Crippen molar-refractivity contribution >= 4 is 23.8 Å². The number of ether oxygens (including phenoxy) is 4. The van der Waals surface area contributed by atoms with Crippen molar-refractivity contribution in [3.8, 4) is 17.2 Å². The summed E-state index contributed by atoms with van der Waals surface area (Å²) < 4.78 is 20.2. The van der Waals surface area contributed by atoms with E-state index < -0.39 is 36.5 Å². The highest BCUT2D eigenvalue weighted by Gasteiger charge is 2.21. The molecule has 0 radical (unpaired) electrons. The molecular weight excluding hydrogens is 362 g/mol. The van der Waals surface area contributed by atoms with Crippen molar-refractivity contribution in [2.75, 3.05) is 27.9 Å². The Kier molecular flexibility index (Phi) is 7.86. The van der Waals surface area contributed by atoms with Gasteiger partial charge in [-0.25, -0.2) is 4.79 Å². The lowest BCUT2D eigenvalue weighted by atomic mass is 10.1. The summed E-state index contributed by atoms with van der Waals surface area (Å²) in [4.78, 5) is 46.0. The molecule has 27 heavy (non-hydrogen) atoms. The van der Waals surface area contributed by atoms with Crippen LogP contribution in [0, 0.1) is 0 Å². The first-order valence-electron chi connectivity index (χ1n) is 7.61. The number of primary amides is 1. The Morgan fingerprint density at radius 2 is 1.59 bits per heavy atom. The van der Waals surface area contributed by atoms with E-state index in [0.717, 1.165) is 0 Å². The van der Waals surface area contributed by atoms with Crippen LogP contribution in [-0.4, -0.2) is 57.8 Å². The lowest BCUT2D eigenvalue weighted by molar-refractivity contribution is -0.153. The average molecular weight is 383 g/mol. The molecular formula is C16H21N3O8. The zero-order valence-electron chi connectivity index (χ0n) is 15.3. The molecule has 0 spiro atoms. The van der Waals surface area contributed by atoms with E-state index in [1.54, 1.807) is 5.32 Å². The van der Waals surface area contributed by atoms with Crippen molar-refractivity contribution in [2.45, 2.75) is 13.0 Å². The van der Waals surface area contributed by atoms with Crippen molar-refractivity contribution in [1.82, 2.24) is 10.6 Å². The number of benzene rings is 1. The van der Waals surface area contributed by atoms with Crippen LogP contribution in [0.25, 0.3) is 0 Å². The van der Waals surface area contributed by atoms with Gasteiger partial charge in [-0.3, -0.25) is 19.7 Å². The maximum absolute atomic E-state index is 12.2. The number of esters is 1. The van der Waals surface area contributed by atoms with E-state index in [0.29, 0.717) is 5.75 Å². The minimum atomic E-state index is -1.26. The van der Waals surface area contributed by atoms with Crippen LogP contribution in [-0.2, 0) is 14.3 Å². The van der Waals surface area contributed by atoms with E-state index in [4.69, 9.17) is 24.7 Å². The van der Waals surface area contributed by atoms with Gasteiger partial charge in [-0.15, -0.1) is 0 Å². The zero-order valence-corrected chi connectivity index (χ0v) is 15.3. The molecule has 11 nitrogen and oxygen atoms in total. The Morgan fingerprint density at radius 1 is 1.04 bits per heavy atom. The zero-order chi connectivity index (χ0) is 20.6. The second-order valence-corrected chi connectivity index (χ2v) is 5.08. The molecule has 1 aromatic carbocycles. The number of nitrogens with one attached hydrogen (secondary N) is 2. The molecule has 0 unspecified atom stereocenters. The third-order valence-electron chi connectivity index (χ3n) is 3.24. The predicted octanol–water partition coefficient (Wildman–Crippen LogP) is -0.431. The average Bonchev–Trinajstić information content (AvgIpc) is 2.63. The second kappa shape index (κ2) is 9.85. The molecule has 4 N–H and O–H groups in total. The fraction of sp³-hybridized carbons (Fsp3) is 0.375. The number of imide groups is 1. The van der Waals surface area contributed by atoms with Crippen LogP contribution in [0.2, 0.25) is 0 Å². The predicted molar refractivity (Wildman–Crippen MR) is 91.7 cm³/mol. The first-order valence-corrected chi connectivity index (χ1v) is 7.61. The number of rotatable bonds is 8. The number of amides is 4. The summed E-state index contributed by atoms with van der Waals surface area (Å²) in [5.74, 6) is -1.54. The second-order valence-electron chi connectivity index (χ2n) is 5.08. The maximum atomic E-state index is 12.2. The molecule has 0 saturated heterocycles. The van der Waals surface area contributed by atoms with E-state index >= 15 is 0 Å². The topological polar surface area (TPSA) is 155 Å². The fourth-order valence-electron chi connectivity index (χ4n) is 1.98. The van der Waals surface area contributed by atoms with Gasteiger partial charge in [0, 0.05) is 5.56 Å². The summed E-state index contributed by atoms with van der Waals surface area (Å²) in [5.41, 5.74) is 4.94. The van der Waals surface area contributed by atoms with E-state index in [-0.39, 0.29) is 17.1 Å². The Balaban J connectivity index is 2.73. The van der Waals surface area contributed by atoms with Crippen molar-refractivity contribution in [2.24, 2.45) is 5.73 Å². The molecule has 0 saturated carbocycles. The molecule has 1 rings (SSSR count). The van der Waals surface area contributed by atoms with Gasteiger partial charge >= 0.3 is 12.0 Å². The molecule has 0 aromatic heterocycles. The van der Waals surface area contributed by atoms with Gasteiger partial charge in [-0.05, 0) is 19.1 Å². The third-order valence-corrected chi connectivity index (χ3v) is 3.24. The van der Waals surface area contributed by atoms with E-state index in [1.165, 1.54) is 40.4 Å². The highest BCUT2D eigenvalue weighted by atomic mass is 16.5. The molecule has 0 aliphatic carbocycles. The van der Waals surface area contributed by atoms with Gasteiger partial charge in [0.25, 0.3) is 11.8 Å². The van der Waals surface area contributed by atoms with E-state index in [9.17, 15) is 19.2 Å². The van der Waals surface area contributed by atoms with Crippen molar-refractivity contribution in [1.29, 1.82) is 0 Å². The largest absolute Gasteiger partial charge is 0.493 e. The van der Waals surface area contributed by atoms with Crippen LogP contribution >= 0.6 is 0 Å². The molecule has 0 fully saturated rings. The quantitative estimate of drug-likeness (QED) is 0.511. The number of methoxy groups -OCH3 is 3. The minimum Gasteiger partial charge on any atom is -0.493 e. The van der Waals surface area contributed by atoms with Gasteiger partial charge < -0.3 is 30.0 Å². The Bertz CT molecular complexity index is 709. The Morgan fingerprint density at radius 3 is 2.04 bits per heavy atom. The summed E-state index contributed by atoms with van der Waals surface area (Å²) in [5, 5.41) is 4.11. The highest BCUT2D eigenvalue weighted by molar-refractivity contribution is 5.98. The van der Waals surface area contributed by atoms with Gasteiger partial charge in [0.2, 0.25) is 5.75 Å². The van der Waals surface area contributed by atoms with Crippen LogP contribution in [0.3, 0.4) is 0 Å². The summed E-state index contributed by atoms with van der Waals surface area (Å²) in [7, 11) is 4.22. The van der Waals surface area contributed by atoms with Crippen LogP contribution < -0.4 is 30.6 Å². The summed E-state index contributed by atoms with van der Waals surface area (Å²) >= 11 is 0. The highest BCUT2D eigenvalue weighted by Crippen LogP contribution is 2.38. The normalized spacial score (nSPS) is 11.0. The summed E-state index contributed by atoms with van der Waals surface area (Å²) in [6.07, 6.45) is -1.26. The fourth-order valence-corrected chi connectivity index (χ4v) is 1.98. The summed E-state index contributed by atoms with van der Waals surface area (Å²) in [6, 6.07) is 1.74. The number of urea groups is 1. The van der Waals surface area contributed by atoms with Gasteiger partial charge in [0.1, 0.15) is 6.54 Å². The first-order chi connectivity index (χ1) is 12.7. The SMILES string of the molecule is COc1cc(C(=O)NCC(=O)O[C@H](C)C(=O)NC(N)=O)cc(OC)c1OC. The lowest BCUT2D eigenvalue weighted by Gasteiger charge is -2.14. The van der Waals surface area contributed by atoms with Crippen LogP contribution in [0.15, 0.2) is 12.1 Å². The molecule has 0 aliphatic heterocycles. The smallest absolute Gasteiger partial charge is 0.326 e. The van der Waals surface area contributed by atoms with Crippen LogP contribution in [0.4, 0.5) is 4.79 Å². The first kappa shape index (κ1) is 21.5. The molecule has 0 bridgehead atoms. The van der Waals surface area contributed by atoms with E-state index in [2.05, 4.69) is 5.32 Å². The molecule has 1 atom stereocenters. The van der Waals surface area contributed by atoms with Gasteiger partial charge in [0.15, 0.2) is 17.6 Å². The number of carbonyl (C=O) groups excluding carboxylic acids is 4. The van der Waals surface area contributed by atoms with Gasteiger partial charge in [0.05, 0.1) is 21.3 Å². The maximum Gasteiger partial charge on any atom is 0.326 e. The van der Waals surface area contributed by atoms with Crippen molar-refractivity contribution < 1.29 is 38.1 Å². The molecule has 11 heteroatoms.